The number of nitrogens with zero attached hydrogens (tertiary/aromatic N) is 2. The van der Waals surface area contributed by atoms with Gasteiger partial charge in [-0.1, -0.05) is 60.2 Å². The molecule has 5 aromatic rings. The van der Waals surface area contributed by atoms with Gasteiger partial charge in [0, 0.05) is 31.7 Å². The van der Waals surface area contributed by atoms with Crippen LogP contribution in [0.3, 0.4) is 0 Å². The van der Waals surface area contributed by atoms with E-state index in [2.05, 4.69) is 29.3 Å². The van der Waals surface area contributed by atoms with Crippen molar-refractivity contribution in [2.75, 3.05) is 0 Å². The van der Waals surface area contributed by atoms with E-state index in [0.717, 1.165) is 38.9 Å². The Morgan fingerprint density at radius 1 is 0.865 bits per heavy atom. The molecule has 8 heteroatoms. The van der Waals surface area contributed by atoms with Crippen molar-refractivity contribution in [3.8, 4) is 22.4 Å². The number of benzene rings is 3. The predicted octanol–water partition coefficient (Wildman–Crippen LogP) is 5.78. The summed E-state index contributed by atoms with van der Waals surface area (Å²) >= 11 is 0. The zero-order chi connectivity index (χ0) is 24.9. The Labute approximate surface area is 226 Å². The van der Waals surface area contributed by atoms with Crippen LogP contribution in [0.1, 0.15) is 21.6 Å². The van der Waals surface area contributed by atoms with E-state index in [1.54, 1.807) is 36.4 Å². The molecule has 0 saturated heterocycles. The molecule has 1 aliphatic carbocycles. The van der Waals surface area contributed by atoms with Gasteiger partial charge in [-0.3, -0.25) is 4.98 Å². The minimum Gasteiger partial charge on any atom is -0.477 e. The number of aromatic nitrogens is 2. The van der Waals surface area contributed by atoms with E-state index in [1.807, 2.05) is 30.3 Å². The summed E-state index contributed by atoms with van der Waals surface area (Å²) in [7, 11) is -3.51. The number of pyridine rings is 2. The average molecular weight is 682 g/mol. The minimum atomic E-state index is -3.51. The molecular weight excluding hydrogens is 665 g/mol. The van der Waals surface area contributed by atoms with Gasteiger partial charge in [-0.2, -0.15) is 0 Å². The van der Waals surface area contributed by atoms with Gasteiger partial charge in [-0.05, 0) is 51.5 Å². The fourth-order valence-corrected chi connectivity index (χ4v) is 6.29. The Morgan fingerprint density at radius 2 is 1.65 bits per heavy atom. The van der Waals surface area contributed by atoms with E-state index in [4.69, 9.17) is 10.1 Å². The molecule has 0 saturated carbocycles. The molecule has 183 valence electrons. The first kappa shape index (κ1) is 24.7. The van der Waals surface area contributed by atoms with E-state index >= 15 is 0 Å². The maximum absolute atomic E-state index is 13.0. The third-order valence-electron chi connectivity index (χ3n) is 6.17. The number of carboxylic acids is 1. The third-order valence-corrected chi connectivity index (χ3v) is 8.03. The number of fused-ring (bicyclic) bond motifs is 3. The second-order valence-electron chi connectivity index (χ2n) is 8.28. The van der Waals surface area contributed by atoms with Crippen LogP contribution in [-0.4, -0.2) is 29.5 Å². The monoisotopic (exact) mass is 682 g/mol. The van der Waals surface area contributed by atoms with Crippen LogP contribution < -0.4 is 0 Å². The van der Waals surface area contributed by atoms with Crippen molar-refractivity contribution in [2.45, 2.75) is 9.79 Å². The van der Waals surface area contributed by atoms with Crippen LogP contribution >= 0.6 is 0 Å². The normalized spacial score (nSPS) is 13.2. The number of rotatable bonds is 2. The molecule has 0 bridgehead atoms. The number of carbonyl (C=O) groups is 1. The van der Waals surface area contributed by atoms with Crippen LogP contribution in [0.25, 0.3) is 45.4 Å². The molecule has 7 rings (SSSR count). The molecule has 0 spiro atoms. The van der Waals surface area contributed by atoms with Crippen LogP contribution in [0.4, 0.5) is 0 Å². The molecule has 1 aliphatic heterocycles. The van der Waals surface area contributed by atoms with Crippen LogP contribution in [0.15, 0.2) is 94.9 Å². The second-order valence-corrected chi connectivity index (χ2v) is 10.2. The molecule has 2 aliphatic rings. The van der Waals surface area contributed by atoms with Crippen molar-refractivity contribution in [1.29, 1.82) is 0 Å². The van der Waals surface area contributed by atoms with Gasteiger partial charge in [0.15, 0.2) is 9.84 Å². The molecule has 0 unspecified atom stereocenters. The van der Waals surface area contributed by atoms with Crippen molar-refractivity contribution in [1.82, 2.24) is 9.97 Å². The molecule has 3 aromatic carbocycles. The quantitative estimate of drug-likeness (QED) is 0.233. The number of carboxylic acid groups (broad SMARTS) is 1. The Hall–Kier alpha value is -3.97. The fourth-order valence-electron chi connectivity index (χ4n) is 4.61. The smallest absolute Gasteiger partial charge is 0.354 e. The van der Waals surface area contributed by atoms with Gasteiger partial charge >= 0.3 is 5.97 Å². The van der Waals surface area contributed by atoms with Gasteiger partial charge in [-0.15, -0.1) is 23.8 Å². The second kappa shape index (κ2) is 9.48. The molecule has 1 radical (unpaired) electrons. The standard InChI is InChI=1S/C23H12NO2S.C6H5NO2.Ir/c25-27(26)20-9-2-1-6-17(20)23-16(7-4-10-21(23)27)19-13-15-12-11-14-5-3-8-18(24-19)22(14)15;8-6(9)5-3-1-2-4-7-5;/h1-6,8-13H;1-4H,(H,8,9);/q-1;;. The molecule has 0 amide bonds. The third kappa shape index (κ3) is 4.09. The maximum Gasteiger partial charge on any atom is 0.354 e. The zero-order valence-electron chi connectivity index (χ0n) is 19.0. The van der Waals surface area contributed by atoms with Crippen molar-refractivity contribution in [2.24, 2.45) is 0 Å². The van der Waals surface area contributed by atoms with Gasteiger partial charge in [-0.25, -0.2) is 18.2 Å². The largest absolute Gasteiger partial charge is 0.477 e. The maximum atomic E-state index is 13.0. The predicted molar refractivity (Wildman–Crippen MR) is 137 cm³/mol. The van der Waals surface area contributed by atoms with Gasteiger partial charge in [0.25, 0.3) is 0 Å². The van der Waals surface area contributed by atoms with E-state index in [1.165, 1.54) is 12.3 Å². The molecule has 2 aromatic heterocycles. The van der Waals surface area contributed by atoms with E-state index in [9.17, 15) is 13.2 Å². The Balaban J connectivity index is 0.000000241. The van der Waals surface area contributed by atoms with Crippen molar-refractivity contribution in [3.05, 3.63) is 108 Å². The molecule has 3 heterocycles. The van der Waals surface area contributed by atoms with Crippen molar-refractivity contribution < 1.29 is 38.4 Å². The Bertz CT molecular complexity index is 1830. The number of hydrogen-bond acceptors (Lipinski definition) is 5. The van der Waals surface area contributed by atoms with Gasteiger partial charge in [0.2, 0.25) is 0 Å². The molecule has 0 atom stereocenters. The number of sulfone groups is 1. The Kier molecular flexibility index (Phi) is 6.33. The SMILES string of the molecule is O=C(O)c1ccccn1.O=S1(=O)c2ccccc2-c2c(-c3cc4c5c(cccc5n3)C=C4)[c-]ccc21.[Ir]. The summed E-state index contributed by atoms with van der Waals surface area (Å²) in [6.07, 6.45) is 5.61. The van der Waals surface area contributed by atoms with Gasteiger partial charge in [0.1, 0.15) is 5.69 Å². The van der Waals surface area contributed by atoms with Crippen LogP contribution in [0.2, 0.25) is 0 Å². The molecule has 37 heavy (non-hydrogen) atoms. The first-order valence-electron chi connectivity index (χ1n) is 11.1. The summed E-state index contributed by atoms with van der Waals surface area (Å²) in [5.74, 6) is -0.990. The topological polar surface area (TPSA) is 97.2 Å². The molecule has 1 N–H and O–H groups in total. The summed E-state index contributed by atoms with van der Waals surface area (Å²) in [5, 5.41) is 9.46. The average Bonchev–Trinajstić information content (AvgIpc) is 3.43. The first-order chi connectivity index (χ1) is 17.4. The van der Waals surface area contributed by atoms with Crippen LogP contribution in [-0.2, 0) is 29.9 Å². The minimum absolute atomic E-state index is 0. The van der Waals surface area contributed by atoms with E-state index in [-0.39, 0.29) is 25.8 Å². The molecule has 6 nitrogen and oxygen atoms in total. The summed E-state index contributed by atoms with van der Waals surface area (Å²) in [6.45, 7) is 0. The Morgan fingerprint density at radius 3 is 2.41 bits per heavy atom. The van der Waals surface area contributed by atoms with Gasteiger partial charge < -0.3 is 5.11 Å². The summed E-state index contributed by atoms with van der Waals surface area (Å²) in [5.41, 5.74) is 6.15. The fraction of sp³-hybridized carbons (Fsp3) is 0. The van der Waals surface area contributed by atoms with Crippen LogP contribution in [0, 0.1) is 6.07 Å². The zero-order valence-corrected chi connectivity index (χ0v) is 22.3. The van der Waals surface area contributed by atoms with Crippen LogP contribution in [0.5, 0.6) is 0 Å². The van der Waals surface area contributed by atoms with Crippen molar-refractivity contribution in [3.63, 3.8) is 0 Å². The van der Waals surface area contributed by atoms with Gasteiger partial charge in [0.05, 0.1) is 10.4 Å². The summed E-state index contributed by atoms with van der Waals surface area (Å²) in [4.78, 5) is 19.2. The summed E-state index contributed by atoms with van der Waals surface area (Å²) in [6, 6.07) is 26.5. The van der Waals surface area contributed by atoms with E-state index < -0.39 is 15.8 Å². The summed E-state index contributed by atoms with van der Waals surface area (Å²) < 4.78 is 25.9. The van der Waals surface area contributed by atoms with Crippen molar-refractivity contribution >= 4 is 38.9 Å². The first-order valence-corrected chi connectivity index (χ1v) is 12.6. The number of aromatic carboxylic acids is 1. The van der Waals surface area contributed by atoms with E-state index in [0.29, 0.717) is 15.4 Å². The molecular formula is C29H17IrN2O4S-. The number of hydrogen-bond donors (Lipinski definition) is 1. The molecule has 0 fully saturated rings.